The van der Waals surface area contributed by atoms with Gasteiger partial charge in [-0.3, -0.25) is 0 Å². The van der Waals surface area contributed by atoms with Gasteiger partial charge in [-0.1, -0.05) is 26.2 Å². The monoisotopic (exact) mass is 267 g/mol. The molecular formula is C17H21N3. The number of fused-ring (bicyclic) bond motifs is 1. The first-order valence-electron chi connectivity index (χ1n) is 7.73. The highest BCUT2D eigenvalue weighted by molar-refractivity contribution is 5.78. The summed E-state index contributed by atoms with van der Waals surface area (Å²) in [7, 11) is 0. The normalized spacial score (nSPS) is 16.4. The zero-order valence-corrected chi connectivity index (χ0v) is 12.1. The van der Waals surface area contributed by atoms with Gasteiger partial charge in [0.2, 0.25) is 0 Å². The van der Waals surface area contributed by atoms with Crippen molar-refractivity contribution in [3.05, 3.63) is 29.6 Å². The predicted octanol–water partition coefficient (Wildman–Crippen LogP) is 4.37. The Hall–Kier alpha value is -1.82. The molecule has 1 aliphatic rings. The van der Waals surface area contributed by atoms with Crippen LogP contribution in [-0.4, -0.2) is 9.55 Å². The molecular weight excluding hydrogens is 246 g/mol. The van der Waals surface area contributed by atoms with Crippen molar-refractivity contribution >= 4 is 11.0 Å². The zero-order valence-electron chi connectivity index (χ0n) is 12.1. The van der Waals surface area contributed by atoms with Crippen molar-refractivity contribution in [3.63, 3.8) is 0 Å². The van der Waals surface area contributed by atoms with Crippen LogP contribution in [-0.2, 0) is 6.54 Å². The second-order valence-electron chi connectivity index (χ2n) is 5.77. The molecule has 104 valence electrons. The van der Waals surface area contributed by atoms with Gasteiger partial charge in [-0.25, -0.2) is 4.98 Å². The van der Waals surface area contributed by atoms with Crippen LogP contribution >= 0.6 is 0 Å². The van der Waals surface area contributed by atoms with Crippen LogP contribution in [0.3, 0.4) is 0 Å². The van der Waals surface area contributed by atoms with E-state index < -0.39 is 0 Å². The Bertz CT molecular complexity index is 642. The number of imidazole rings is 1. The highest BCUT2D eigenvalue weighted by Gasteiger charge is 2.22. The number of aromatic nitrogens is 2. The molecule has 0 aliphatic heterocycles. The van der Waals surface area contributed by atoms with E-state index in [0.29, 0.717) is 11.5 Å². The second kappa shape index (κ2) is 5.66. The molecule has 3 nitrogen and oxygen atoms in total. The van der Waals surface area contributed by atoms with Crippen LogP contribution in [0.2, 0.25) is 0 Å². The summed E-state index contributed by atoms with van der Waals surface area (Å²) < 4.78 is 2.38. The number of hydrogen-bond acceptors (Lipinski definition) is 2. The SMILES string of the molecule is CCCn1c(C2CCCCC2)nc2cc(C#N)ccc21. The van der Waals surface area contributed by atoms with E-state index in [4.69, 9.17) is 10.2 Å². The van der Waals surface area contributed by atoms with Gasteiger partial charge >= 0.3 is 0 Å². The maximum absolute atomic E-state index is 9.04. The summed E-state index contributed by atoms with van der Waals surface area (Å²) in [5.41, 5.74) is 2.87. The Kier molecular flexibility index (Phi) is 3.73. The van der Waals surface area contributed by atoms with Gasteiger partial charge in [-0.05, 0) is 37.5 Å². The molecule has 1 heterocycles. The highest BCUT2D eigenvalue weighted by atomic mass is 15.1. The van der Waals surface area contributed by atoms with E-state index in [0.717, 1.165) is 18.5 Å². The van der Waals surface area contributed by atoms with Crippen LogP contribution in [0.5, 0.6) is 0 Å². The molecule has 0 bridgehead atoms. The molecule has 1 saturated carbocycles. The Morgan fingerprint density at radius 1 is 1.30 bits per heavy atom. The lowest BCUT2D eigenvalue weighted by atomic mass is 9.88. The fourth-order valence-electron chi connectivity index (χ4n) is 3.35. The fourth-order valence-corrected chi connectivity index (χ4v) is 3.35. The summed E-state index contributed by atoms with van der Waals surface area (Å²) in [5, 5.41) is 9.04. The van der Waals surface area contributed by atoms with Crippen molar-refractivity contribution in [2.45, 2.75) is 57.9 Å². The van der Waals surface area contributed by atoms with Gasteiger partial charge in [0, 0.05) is 12.5 Å². The van der Waals surface area contributed by atoms with Crippen LogP contribution in [0.15, 0.2) is 18.2 Å². The Morgan fingerprint density at radius 2 is 2.10 bits per heavy atom. The molecule has 0 amide bonds. The van der Waals surface area contributed by atoms with Crippen molar-refractivity contribution in [1.82, 2.24) is 9.55 Å². The lowest BCUT2D eigenvalue weighted by molar-refractivity contribution is 0.416. The molecule has 0 atom stereocenters. The summed E-state index contributed by atoms with van der Waals surface area (Å²) in [6.07, 6.45) is 7.65. The summed E-state index contributed by atoms with van der Waals surface area (Å²) in [5.74, 6) is 1.85. The summed E-state index contributed by atoms with van der Waals surface area (Å²) in [4.78, 5) is 4.88. The molecule has 20 heavy (non-hydrogen) atoms. The number of nitriles is 1. The van der Waals surface area contributed by atoms with E-state index in [1.807, 2.05) is 12.1 Å². The van der Waals surface area contributed by atoms with Gasteiger partial charge < -0.3 is 4.57 Å². The Balaban J connectivity index is 2.09. The first-order chi connectivity index (χ1) is 9.83. The number of benzene rings is 1. The number of aryl methyl sites for hydroxylation is 1. The molecule has 0 spiro atoms. The van der Waals surface area contributed by atoms with Crippen molar-refractivity contribution in [2.24, 2.45) is 0 Å². The molecule has 2 aromatic rings. The lowest BCUT2D eigenvalue weighted by Gasteiger charge is -2.22. The highest BCUT2D eigenvalue weighted by Crippen LogP contribution is 2.34. The molecule has 0 unspecified atom stereocenters. The van der Waals surface area contributed by atoms with E-state index >= 15 is 0 Å². The molecule has 0 saturated heterocycles. The maximum Gasteiger partial charge on any atom is 0.112 e. The smallest absolute Gasteiger partial charge is 0.112 e. The van der Waals surface area contributed by atoms with E-state index in [2.05, 4.69) is 23.6 Å². The van der Waals surface area contributed by atoms with Crippen molar-refractivity contribution in [3.8, 4) is 6.07 Å². The first-order valence-corrected chi connectivity index (χ1v) is 7.73. The van der Waals surface area contributed by atoms with E-state index in [-0.39, 0.29) is 0 Å². The fraction of sp³-hybridized carbons (Fsp3) is 0.529. The Labute approximate surface area is 120 Å². The second-order valence-corrected chi connectivity index (χ2v) is 5.77. The Morgan fingerprint density at radius 3 is 2.80 bits per heavy atom. The van der Waals surface area contributed by atoms with Crippen LogP contribution in [0.1, 0.15) is 62.8 Å². The molecule has 1 aromatic heterocycles. The van der Waals surface area contributed by atoms with E-state index in [1.165, 1.54) is 43.4 Å². The summed E-state index contributed by atoms with van der Waals surface area (Å²) in [6, 6.07) is 8.10. The van der Waals surface area contributed by atoms with Gasteiger partial charge in [-0.2, -0.15) is 5.26 Å². The minimum atomic E-state index is 0.605. The quantitative estimate of drug-likeness (QED) is 0.828. The molecule has 1 fully saturated rings. The minimum Gasteiger partial charge on any atom is -0.328 e. The number of hydrogen-bond donors (Lipinski definition) is 0. The third-order valence-electron chi connectivity index (χ3n) is 4.32. The summed E-state index contributed by atoms with van der Waals surface area (Å²) >= 11 is 0. The van der Waals surface area contributed by atoms with Gasteiger partial charge in [0.25, 0.3) is 0 Å². The lowest BCUT2D eigenvalue weighted by Crippen LogP contribution is -2.12. The third kappa shape index (κ3) is 2.31. The zero-order chi connectivity index (χ0) is 13.9. The van der Waals surface area contributed by atoms with Crippen LogP contribution in [0, 0.1) is 11.3 Å². The maximum atomic E-state index is 9.04. The largest absolute Gasteiger partial charge is 0.328 e. The average molecular weight is 267 g/mol. The molecule has 1 aliphatic carbocycles. The average Bonchev–Trinajstić information content (AvgIpc) is 2.86. The van der Waals surface area contributed by atoms with Crippen LogP contribution in [0.25, 0.3) is 11.0 Å². The molecule has 3 heteroatoms. The number of rotatable bonds is 3. The van der Waals surface area contributed by atoms with Crippen molar-refractivity contribution in [2.75, 3.05) is 0 Å². The first kappa shape index (κ1) is 13.2. The van der Waals surface area contributed by atoms with Crippen LogP contribution < -0.4 is 0 Å². The third-order valence-corrected chi connectivity index (χ3v) is 4.32. The van der Waals surface area contributed by atoms with Crippen molar-refractivity contribution < 1.29 is 0 Å². The molecule has 0 radical (unpaired) electrons. The van der Waals surface area contributed by atoms with Crippen molar-refractivity contribution in [1.29, 1.82) is 5.26 Å². The van der Waals surface area contributed by atoms with E-state index in [9.17, 15) is 0 Å². The van der Waals surface area contributed by atoms with Gasteiger partial charge in [0.1, 0.15) is 5.82 Å². The van der Waals surface area contributed by atoms with Gasteiger partial charge in [0.05, 0.1) is 22.7 Å². The predicted molar refractivity (Wildman–Crippen MR) is 80.6 cm³/mol. The van der Waals surface area contributed by atoms with Gasteiger partial charge in [-0.15, -0.1) is 0 Å². The topological polar surface area (TPSA) is 41.6 Å². The van der Waals surface area contributed by atoms with Gasteiger partial charge in [0.15, 0.2) is 0 Å². The molecule has 3 rings (SSSR count). The van der Waals surface area contributed by atoms with Crippen LogP contribution in [0.4, 0.5) is 0 Å². The van der Waals surface area contributed by atoms with E-state index in [1.54, 1.807) is 0 Å². The molecule has 0 N–H and O–H groups in total. The standard InChI is InChI=1S/C17H21N3/c1-2-10-20-16-9-8-13(12-18)11-15(16)19-17(20)14-6-4-3-5-7-14/h8-9,11,14H,2-7,10H2,1H3. The molecule has 1 aromatic carbocycles. The number of nitrogens with zero attached hydrogens (tertiary/aromatic N) is 3. The summed E-state index contributed by atoms with van der Waals surface area (Å²) in [6.45, 7) is 3.23. The minimum absolute atomic E-state index is 0.605.